The Labute approximate surface area is 172 Å². The number of rotatable bonds is 4. The van der Waals surface area contributed by atoms with E-state index < -0.39 is 0 Å². The number of aliphatic hydroxyl groups excluding tert-OH is 1. The molecule has 7 nitrogen and oxygen atoms in total. The Morgan fingerprint density at radius 1 is 1.28 bits per heavy atom. The van der Waals surface area contributed by atoms with E-state index in [0.717, 1.165) is 28.9 Å². The summed E-state index contributed by atoms with van der Waals surface area (Å²) in [6.45, 7) is 3.63. The molecule has 2 saturated heterocycles. The molecule has 150 valence electrons. The van der Waals surface area contributed by atoms with E-state index >= 15 is 0 Å². The molecular formula is C21H23N5O2S. The third kappa shape index (κ3) is 3.17. The lowest BCUT2D eigenvalue weighted by molar-refractivity contribution is 0.0719. The Kier molecular flexibility index (Phi) is 4.49. The van der Waals surface area contributed by atoms with Crippen LogP contribution in [0.5, 0.6) is 0 Å². The average molecular weight is 410 g/mol. The van der Waals surface area contributed by atoms with Gasteiger partial charge in [0.05, 0.1) is 22.3 Å². The Bertz CT molecular complexity index is 1070. The predicted octanol–water partition coefficient (Wildman–Crippen LogP) is 1.84. The monoisotopic (exact) mass is 409 g/mol. The highest BCUT2D eigenvalue weighted by Gasteiger charge is 2.53. The summed E-state index contributed by atoms with van der Waals surface area (Å²) in [4.78, 5) is 25.8. The normalized spacial score (nSPS) is 24.3. The second-order valence-corrected chi connectivity index (χ2v) is 9.04. The SMILES string of the molecule is Nc1ncccc1CN1CC2CN(C(=O)c3ccc4ncsc4c3)CC2(CO)C1. The number of hydrogen-bond acceptors (Lipinski definition) is 7. The van der Waals surface area contributed by atoms with E-state index in [1.807, 2.05) is 35.2 Å². The molecule has 0 radical (unpaired) electrons. The quantitative estimate of drug-likeness (QED) is 0.683. The van der Waals surface area contributed by atoms with Gasteiger partial charge in [0.2, 0.25) is 0 Å². The van der Waals surface area contributed by atoms with Gasteiger partial charge in [-0.25, -0.2) is 9.97 Å². The van der Waals surface area contributed by atoms with E-state index in [1.165, 1.54) is 0 Å². The van der Waals surface area contributed by atoms with Gasteiger partial charge in [0.15, 0.2) is 0 Å². The molecule has 1 aromatic carbocycles. The smallest absolute Gasteiger partial charge is 0.253 e. The number of likely N-dealkylation sites (tertiary alicyclic amines) is 2. The molecule has 2 atom stereocenters. The van der Waals surface area contributed by atoms with Crippen LogP contribution in [0, 0.1) is 11.3 Å². The van der Waals surface area contributed by atoms with Crippen molar-refractivity contribution in [2.45, 2.75) is 6.54 Å². The van der Waals surface area contributed by atoms with Crippen molar-refractivity contribution in [3.8, 4) is 0 Å². The molecule has 4 heterocycles. The van der Waals surface area contributed by atoms with Crippen LogP contribution in [0.2, 0.25) is 0 Å². The standard InChI is InChI=1S/C21H23N5O2S/c22-19-15(2-1-5-23-19)7-25-8-16-9-26(11-21(16,10-25)12-27)20(28)14-3-4-17-18(6-14)29-13-24-17/h1-6,13,16,27H,7-12H2,(H2,22,23). The van der Waals surface area contributed by atoms with E-state index in [2.05, 4.69) is 14.9 Å². The Balaban J connectivity index is 1.31. The fourth-order valence-electron chi connectivity index (χ4n) is 4.79. The first-order valence-electron chi connectivity index (χ1n) is 9.73. The molecule has 0 saturated carbocycles. The van der Waals surface area contributed by atoms with Crippen LogP contribution in [-0.2, 0) is 6.54 Å². The van der Waals surface area contributed by atoms with Gasteiger partial charge in [0.25, 0.3) is 5.91 Å². The highest BCUT2D eigenvalue weighted by molar-refractivity contribution is 7.16. The number of carbonyl (C=O) groups is 1. The number of pyridine rings is 1. The number of anilines is 1. The average Bonchev–Trinajstić information content (AvgIpc) is 3.41. The van der Waals surface area contributed by atoms with E-state index in [0.29, 0.717) is 31.0 Å². The molecule has 2 aromatic heterocycles. The molecule has 2 aliphatic heterocycles. The van der Waals surface area contributed by atoms with Crippen LogP contribution in [0.3, 0.4) is 0 Å². The number of benzene rings is 1. The molecule has 0 aliphatic carbocycles. The Morgan fingerprint density at radius 2 is 2.17 bits per heavy atom. The molecular weight excluding hydrogens is 386 g/mol. The van der Waals surface area contributed by atoms with E-state index in [1.54, 1.807) is 23.0 Å². The number of nitrogen functional groups attached to an aromatic ring is 1. The summed E-state index contributed by atoms with van der Waals surface area (Å²) >= 11 is 1.54. The maximum atomic E-state index is 13.1. The molecule has 0 bridgehead atoms. The Hall–Kier alpha value is -2.55. The van der Waals surface area contributed by atoms with Crippen LogP contribution < -0.4 is 5.73 Å². The van der Waals surface area contributed by atoms with Crippen molar-refractivity contribution >= 4 is 33.3 Å². The number of nitrogens with zero attached hydrogens (tertiary/aromatic N) is 4. The number of aliphatic hydroxyl groups is 1. The summed E-state index contributed by atoms with van der Waals surface area (Å²) in [7, 11) is 0. The number of thiazole rings is 1. The van der Waals surface area contributed by atoms with E-state index in [4.69, 9.17) is 5.73 Å². The zero-order valence-electron chi connectivity index (χ0n) is 16.0. The van der Waals surface area contributed by atoms with Gasteiger partial charge in [-0.15, -0.1) is 11.3 Å². The lowest BCUT2D eigenvalue weighted by atomic mass is 9.82. The van der Waals surface area contributed by atoms with Crippen LogP contribution in [0.4, 0.5) is 5.82 Å². The van der Waals surface area contributed by atoms with Crippen LogP contribution in [-0.4, -0.2) is 63.6 Å². The summed E-state index contributed by atoms with van der Waals surface area (Å²) < 4.78 is 1.02. The summed E-state index contributed by atoms with van der Waals surface area (Å²) in [5.41, 5.74) is 10.1. The molecule has 0 spiro atoms. The summed E-state index contributed by atoms with van der Waals surface area (Å²) in [6.07, 6.45) is 1.69. The maximum absolute atomic E-state index is 13.1. The highest BCUT2D eigenvalue weighted by atomic mass is 32.1. The topological polar surface area (TPSA) is 95.6 Å². The number of amides is 1. The fraction of sp³-hybridized carbons (Fsp3) is 0.381. The second kappa shape index (κ2) is 7.05. The van der Waals surface area contributed by atoms with Crippen molar-refractivity contribution in [3.05, 3.63) is 53.2 Å². The lowest BCUT2D eigenvalue weighted by Crippen LogP contribution is -2.38. The maximum Gasteiger partial charge on any atom is 0.253 e. The van der Waals surface area contributed by atoms with Crippen molar-refractivity contribution in [2.24, 2.45) is 11.3 Å². The molecule has 5 rings (SSSR count). The lowest BCUT2D eigenvalue weighted by Gasteiger charge is -2.27. The van der Waals surface area contributed by atoms with E-state index in [-0.39, 0.29) is 23.8 Å². The summed E-state index contributed by atoms with van der Waals surface area (Å²) in [6, 6.07) is 9.56. The number of nitrogens with two attached hydrogens (primary N) is 1. The van der Waals surface area contributed by atoms with Gasteiger partial charge in [-0.3, -0.25) is 9.69 Å². The number of aromatic nitrogens is 2. The fourth-order valence-corrected chi connectivity index (χ4v) is 5.50. The summed E-state index contributed by atoms with van der Waals surface area (Å²) in [5.74, 6) is 0.838. The minimum Gasteiger partial charge on any atom is -0.396 e. The third-order valence-electron chi connectivity index (χ3n) is 6.33. The molecule has 3 aromatic rings. The van der Waals surface area contributed by atoms with Crippen molar-refractivity contribution in [1.82, 2.24) is 19.8 Å². The molecule has 1 amide bonds. The van der Waals surface area contributed by atoms with Crippen LogP contribution >= 0.6 is 11.3 Å². The van der Waals surface area contributed by atoms with Gasteiger partial charge in [0.1, 0.15) is 5.82 Å². The molecule has 8 heteroatoms. The summed E-state index contributed by atoms with van der Waals surface area (Å²) in [5, 5.41) is 10.2. The molecule has 29 heavy (non-hydrogen) atoms. The molecule has 2 fully saturated rings. The van der Waals surface area contributed by atoms with Gasteiger partial charge in [-0.2, -0.15) is 0 Å². The first kappa shape index (κ1) is 18.5. The van der Waals surface area contributed by atoms with Gasteiger partial charge in [-0.1, -0.05) is 6.07 Å². The van der Waals surface area contributed by atoms with Crippen molar-refractivity contribution in [3.63, 3.8) is 0 Å². The van der Waals surface area contributed by atoms with Crippen molar-refractivity contribution in [1.29, 1.82) is 0 Å². The zero-order valence-corrected chi connectivity index (χ0v) is 16.8. The van der Waals surface area contributed by atoms with Crippen molar-refractivity contribution < 1.29 is 9.90 Å². The number of fused-ring (bicyclic) bond motifs is 2. The van der Waals surface area contributed by atoms with Gasteiger partial charge >= 0.3 is 0 Å². The third-order valence-corrected chi connectivity index (χ3v) is 7.12. The minimum absolute atomic E-state index is 0.0329. The van der Waals surface area contributed by atoms with Gasteiger partial charge < -0.3 is 15.7 Å². The first-order valence-corrected chi connectivity index (χ1v) is 10.6. The second-order valence-electron chi connectivity index (χ2n) is 8.16. The van der Waals surface area contributed by atoms with Gasteiger partial charge in [-0.05, 0) is 30.2 Å². The predicted molar refractivity (Wildman–Crippen MR) is 112 cm³/mol. The van der Waals surface area contributed by atoms with Gasteiger partial charge in [0, 0.05) is 55.5 Å². The van der Waals surface area contributed by atoms with E-state index in [9.17, 15) is 9.90 Å². The van der Waals surface area contributed by atoms with Crippen molar-refractivity contribution in [2.75, 3.05) is 38.5 Å². The number of carbonyl (C=O) groups excluding carboxylic acids is 1. The largest absolute Gasteiger partial charge is 0.396 e. The highest BCUT2D eigenvalue weighted by Crippen LogP contribution is 2.43. The molecule has 2 aliphatic rings. The zero-order chi connectivity index (χ0) is 20.0. The van der Waals surface area contributed by atoms with Crippen LogP contribution in [0.1, 0.15) is 15.9 Å². The molecule has 2 unspecified atom stereocenters. The first-order chi connectivity index (χ1) is 14.1. The molecule has 3 N–H and O–H groups in total. The van der Waals surface area contributed by atoms with Crippen LogP contribution in [0.15, 0.2) is 42.0 Å². The minimum atomic E-state index is -0.277. The Morgan fingerprint density at radius 3 is 2.97 bits per heavy atom. The number of hydrogen-bond donors (Lipinski definition) is 2. The van der Waals surface area contributed by atoms with Crippen LogP contribution in [0.25, 0.3) is 10.2 Å².